The van der Waals surface area contributed by atoms with Gasteiger partial charge in [-0.3, -0.25) is 4.98 Å². The Morgan fingerprint density at radius 3 is 2.79 bits per heavy atom. The first-order valence-electron chi connectivity index (χ1n) is 5.68. The van der Waals surface area contributed by atoms with Crippen molar-refractivity contribution in [2.45, 2.75) is 11.9 Å². The Hall–Kier alpha value is -1.26. The van der Waals surface area contributed by atoms with Crippen molar-refractivity contribution in [2.24, 2.45) is 0 Å². The highest BCUT2D eigenvalue weighted by molar-refractivity contribution is 9.08. The highest BCUT2D eigenvalue weighted by atomic mass is 79.9. The molecule has 0 bridgehead atoms. The van der Waals surface area contributed by atoms with E-state index in [1.165, 1.54) is 0 Å². The molecule has 1 aromatic heterocycles. The molecule has 0 saturated heterocycles. The summed E-state index contributed by atoms with van der Waals surface area (Å²) in [4.78, 5) is 4.04. The molecule has 0 amide bonds. The second kappa shape index (κ2) is 6.78. The molecule has 0 radical (unpaired) electrons. The smallest absolute Gasteiger partial charge is 0.180 e. The largest absolute Gasteiger partial charge is 0.493 e. The van der Waals surface area contributed by atoms with Gasteiger partial charge in [0.05, 0.1) is 12.1 Å². The van der Waals surface area contributed by atoms with Gasteiger partial charge in [-0.05, 0) is 23.8 Å². The van der Waals surface area contributed by atoms with Gasteiger partial charge in [-0.25, -0.2) is 0 Å². The van der Waals surface area contributed by atoms with E-state index in [-0.39, 0.29) is 0 Å². The van der Waals surface area contributed by atoms with E-state index in [0.717, 1.165) is 11.1 Å². The molecule has 0 aliphatic carbocycles. The van der Waals surface area contributed by atoms with Crippen LogP contribution < -0.4 is 9.47 Å². The standard InChI is InChI=1S/C14H13BrClNO2/c1-18-13-6-11(7-15)5-12(16)14(13)19-9-10-3-2-4-17-8-10/h2-6,8H,7,9H2,1H3. The highest BCUT2D eigenvalue weighted by Gasteiger charge is 2.12. The van der Waals surface area contributed by atoms with E-state index in [1.807, 2.05) is 24.3 Å². The molecule has 1 heterocycles. The lowest BCUT2D eigenvalue weighted by atomic mass is 10.2. The van der Waals surface area contributed by atoms with Crippen LogP contribution >= 0.6 is 27.5 Å². The van der Waals surface area contributed by atoms with Crippen molar-refractivity contribution < 1.29 is 9.47 Å². The summed E-state index contributed by atoms with van der Waals surface area (Å²) in [5.41, 5.74) is 2.01. The molecular formula is C14H13BrClNO2. The van der Waals surface area contributed by atoms with Crippen LogP contribution in [0.2, 0.25) is 5.02 Å². The van der Waals surface area contributed by atoms with Crippen molar-refractivity contribution in [3.05, 3.63) is 52.8 Å². The van der Waals surface area contributed by atoms with Gasteiger partial charge in [0.25, 0.3) is 0 Å². The summed E-state index contributed by atoms with van der Waals surface area (Å²) in [7, 11) is 1.60. The Balaban J connectivity index is 2.20. The lowest BCUT2D eigenvalue weighted by Gasteiger charge is -2.13. The predicted octanol–water partition coefficient (Wildman–Crippen LogP) is 4.22. The summed E-state index contributed by atoms with van der Waals surface area (Å²) in [6.45, 7) is 0.400. The summed E-state index contributed by atoms with van der Waals surface area (Å²) >= 11 is 9.61. The second-order valence-corrected chi connectivity index (χ2v) is 4.86. The van der Waals surface area contributed by atoms with Gasteiger partial charge in [-0.2, -0.15) is 0 Å². The molecular weight excluding hydrogens is 330 g/mol. The average Bonchev–Trinajstić information content (AvgIpc) is 2.46. The minimum absolute atomic E-state index is 0.400. The third-order valence-corrected chi connectivity index (χ3v) is 3.48. The van der Waals surface area contributed by atoms with E-state index in [9.17, 15) is 0 Å². The monoisotopic (exact) mass is 341 g/mol. The first kappa shape index (κ1) is 14.2. The first-order valence-corrected chi connectivity index (χ1v) is 7.18. The van der Waals surface area contributed by atoms with Gasteiger partial charge in [0.15, 0.2) is 11.5 Å². The van der Waals surface area contributed by atoms with Gasteiger partial charge in [0, 0.05) is 23.3 Å². The van der Waals surface area contributed by atoms with Crippen molar-refractivity contribution in [1.29, 1.82) is 0 Å². The molecule has 1 aromatic carbocycles. The summed E-state index contributed by atoms with van der Waals surface area (Å²) in [5, 5.41) is 1.25. The number of aromatic nitrogens is 1. The van der Waals surface area contributed by atoms with Gasteiger partial charge in [0.1, 0.15) is 6.61 Å². The molecule has 5 heteroatoms. The summed E-state index contributed by atoms with van der Waals surface area (Å²) in [6, 6.07) is 7.57. The normalized spacial score (nSPS) is 10.3. The Morgan fingerprint density at radius 2 is 2.16 bits per heavy atom. The quantitative estimate of drug-likeness (QED) is 0.763. The van der Waals surface area contributed by atoms with Gasteiger partial charge in [-0.1, -0.05) is 33.6 Å². The number of alkyl halides is 1. The zero-order chi connectivity index (χ0) is 13.7. The van der Waals surface area contributed by atoms with Crippen LogP contribution in [0.15, 0.2) is 36.7 Å². The molecule has 0 saturated carbocycles. The SMILES string of the molecule is COc1cc(CBr)cc(Cl)c1OCc1cccnc1. The molecule has 2 aromatic rings. The number of hydrogen-bond donors (Lipinski definition) is 0. The summed E-state index contributed by atoms with van der Waals surface area (Å²) in [6.07, 6.45) is 3.48. The minimum atomic E-state index is 0.400. The molecule has 2 rings (SSSR count). The number of benzene rings is 1. The van der Waals surface area contributed by atoms with Crippen molar-refractivity contribution in [3.63, 3.8) is 0 Å². The topological polar surface area (TPSA) is 31.4 Å². The predicted molar refractivity (Wildman–Crippen MR) is 79.2 cm³/mol. The molecule has 0 fully saturated rings. The maximum atomic E-state index is 6.22. The summed E-state index contributed by atoms with van der Waals surface area (Å²) in [5.74, 6) is 1.18. The second-order valence-electron chi connectivity index (χ2n) is 3.89. The Labute approximate surface area is 125 Å². The highest BCUT2D eigenvalue weighted by Crippen LogP contribution is 2.37. The third-order valence-electron chi connectivity index (χ3n) is 2.55. The molecule has 0 spiro atoms. The maximum Gasteiger partial charge on any atom is 0.180 e. The molecule has 19 heavy (non-hydrogen) atoms. The lowest BCUT2D eigenvalue weighted by molar-refractivity contribution is 0.284. The number of halogens is 2. The number of pyridine rings is 1. The Kier molecular flexibility index (Phi) is 5.05. The van der Waals surface area contributed by atoms with Crippen molar-refractivity contribution in [1.82, 2.24) is 4.98 Å². The fraction of sp³-hybridized carbons (Fsp3) is 0.214. The van der Waals surface area contributed by atoms with Gasteiger partial charge in [-0.15, -0.1) is 0 Å². The number of hydrogen-bond acceptors (Lipinski definition) is 3. The number of nitrogens with zero attached hydrogens (tertiary/aromatic N) is 1. The minimum Gasteiger partial charge on any atom is -0.493 e. The number of methoxy groups -OCH3 is 1. The van der Waals surface area contributed by atoms with Gasteiger partial charge < -0.3 is 9.47 Å². The molecule has 0 atom stereocenters. The van der Waals surface area contributed by atoms with E-state index in [4.69, 9.17) is 21.1 Å². The fourth-order valence-corrected chi connectivity index (χ4v) is 2.24. The zero-order valence-electron chi connectivity index (χ0n) is 10.4. The van der Waals surface area contributed by atoms with Crippen LogP contribution in [0, 0.1) is 0 Å². The molecule has 100 valence electrons. The van der Waals surface area contributed by atoms with Crippen molar-refractivity contribution in [3.8, 4) is 11.5 Å². The molecule has 0 aliphatic rings. The maximum absolute atomic E-state index is 6.22. The Bertz CT molecular complexity index is 549. The Morgan fingerprint density at radius 1 is 1.32 bits per heavy atom. The van der Waals surface area contributed by atoms with Crippen molar-refractivity contribution in [2.75, 3.05) is 7.11 Å². The van der Waals surface area contributed by atoms with Crippen LogP contribution in [0.5, 0.6) is 11.5 Å². The average molecular weight is 343 g/mol. The fourth-order valence-electron chi connectivity index (χ4n) is 1.63. The third kappa shape index (κ3) is 3.61. The van der Waals surface area contributed by atoms with Crippen LogP contribution in [0.3, 0.4) is 0 Å². The number of rotatable bonds is 5. The van der Waals surface area contributed by atoms with Crippen LogP contribution in [0.25, 0.3) is 0 Å². The zero-order valence-corrected chi connectivity index (χ0v) is 12.7. The van der Waals surface area contributed by atoms with Crippen LogP contribution in [0.4, 0.5) is 0 Å². The van der Waals surface area contributed by atoms with Crippen LogP contribution in [-0.4, -0.2) is 12.1 Å². The van der Waals surface area contributed by atoms with Crippen LogP contribution in [0.1, 0.15) is 11.1 Å². The van der Waals surface area contributed by atoms with E-state index in [0.29, 0.717) is 28.5 Å². The van der Waals surface area contributed by atoms with E-state index < -0.39 is 0 Å². The van der Waals surface area contributed by atoms with Gasteiger partial charge in [0.2, 0.25) is 0 Å². The van der Waals surface area contributed by atoms with Crippen LogP contribution in [-0.2, 0) is 11.9 Å². The number of ether oxygens (including phenoxy) is 2. The molecule has 3 nitrogen and oxygen atoms in total. The molecule has 0 aliphatic heterocycles. The first-order chi connectivity index (χ1) is 9.24. The van der Waals surface area contributed by atoms with E-state index in [2.05, 4.69) is 20.9 Å². The van der Waals surface area contributed by atoms with Crippen molar-refractivity contribution >= 4 is 27.5 Å². The lowest BCUT2D eigenvalue weighted by Crippen LogP contribution is -1.99. The molecule has 0 unspecified atom stereocenters. The molecule has 0 N–H and O–H groups in total. The summed E-state index contributed by atoms with van der Waals surface area (Å²) < 4.78 is 11.0. The van der Waals surface area contributed by atoms with E-state index in [1.54, 1.807) is 19.5 Å². The van der Waals surface area contributed by atoms with Gasteiger partial charge >= 0.3 is 0 Å². The van der Waals surface area contributed by atoms with E-state index >= 15 is 0 Å².